The molecular weight excluding hydrogens is 190 g/mol. The molecule has 0 spiro atoms. The number of H-pyrrole nitrogens is 1. The molecule has 0 aliphatic heterocycles. The summed E-state index contributed by atoms with van der Waals surface area (Å²) in [5.41, 5.74) is 1.90. The molecule has 3 heteroatoms. The van der Waals surface area contributed by atoms with E-state index < -0.39 is 0 Å². The van der Waals surface area contributed by atoms with Gasteiger partial charge in [-0.05, 0) is 19.3 Å². The van der Waals surface area contributed by atoms with E-state index in [4.69, 9.17) is 4.74 Å². The standard InChI is InChI=1S/C12H19NO2/c1-4-6-7-10-12(15-3)11(14)8-9(5-2)13-10/h8H,4-7H2,1-3H3,(H,13,14). The highest BCUT2D eigenvalue weighted by molar-refractivity contribution is 5.29. The maximum absolute atomic E-state index is 11.7. The average Bonchev–Trinajstić information content (AvgIpc) is 2.25. The second kappa shape index (κ2) is 5.59. The highest BCUT2D eigenvalue weighted by atomic mass is 16.5. The van der Waals surface area contributed by atoms with Gasteiger partial charge in [-0.25, -0.2) is 0 Å². The summed E-state index contributed by atoms with van der Waals surface area (Å²) < 4.78 is 5.13. The van der Waals surface area contributed by atoms with Crippen LogP contribution in [0.5, 0.6) is 5.75 Å². The van der Waals surface area contributed by atoms with Gasteiger partial charge in [0.2, 0.25) is 5.43 Å². The molecule has 1 rings (SSSR count). The van der Waals surface area contributed by atoms with Crippen molar-refractivity contribution in [2.75, 3.05) is 7.11 Å². The van der Waals surface area contributed by atoms with Crippen LogP contribution in [-0.4, -0.2) is 12.1 Å². The molecule has 15 heavy (non-hydrogen) atoms. The first-order valence-electron chi connectivity index (χ1n) is 5.52. The van der Waals surface area contributed by atoms with Gasteiger partial charge in [0.05, 0.1) is 12.8 Å². The molecule has 0 atom stereocenters. The van der Waals surface area contributed by atoms with E-state index >= 15 is 0 Å². The Hall–Kier alpha value is -1.25. The van der Waals surface area contributed by atoms with Crippen LogP contribution < -0.4 is 10.2 Å². The third-order valence-corrected chi connectivity index (χ3v) is 2.48. The second-order valence-corrected chi connectivity index (χ2v) is 3.63. The highest BCUT2D eigenvalue weighted by Crippen LogP contribution is 2.14. The van der Waals surface area contributed by atoms with Crippen LogP contribution in [0.2, 0.25) is 0 Å². The Morgan fingerprint density at radius 1 is 1.40 bits per heavy atom. The van der Waals surface area contributed by atoms with E-state index in [0.717, 1.165) is 37.1 Å². The molecule has 1 heterocycles. The molecule has 1 aromatic heterocycles. The third-order valence-electron chi connectivity index (χ3n) is 2.48. The molecule has 0 amide bonds. The molecule has 0 bridgehead atoms. The van der Waals surface area contributed by atoms with Gasteiger partial charge < -0.3 is 9.72 Å². The Labute approximate surface area is 90.5 Å². The molecule has 1 N–H and O–H groups in total. The predicted octanol–water partition coefficient (Wildman–Crippen LogP) is 2.29. The molecule has 0 aromatic carbocycles. The molecule has 0 saturated heterocycles. The van der Waals surface area contributed by atoms with Crippen LogP contribution in [0.4, 0.5) is 0 Å². The average molecular weight is 209 g/mol. The lowest BCUT2D eigenvalue weighted by Gasteiger charge is -2.09. The van der Waals surface area contributed by atoms with Crippen LogP contribution in [0.25, 0.3) is 0 Å². The number of ether oxygens (including phenoxy) is 1. The lowest BCUT2D eigenvalue weighted by atomic mass is 10.1. The van der Waals surface area contributed by atoms with E-state index in [1.54, 1.807) is 13.2 Å². The molecule has 0 aliphatic carbocycles. The first-order chi connectivity index (χ1) is 7.22. The van der Waals surface area contributed by atoms with Gasteiger partial charge in [-0.3, -0.25) is 4.79 Å². The fraction of sp³-hybridized carbons (Fsp3) is 0.583. The number of unbranched alkanes of at least 4 members (excludes halogenated alkanes) is 1. The van der Waals surface area contributed by atoms with Gasteiger partial charge in [0.15, 0.2) is 5.75 Å². The zero-order chi connectivity index (χ0) is 11.3. The zero-order valence-corrected chi connectivity index (χ0v) is 9.72. The van der Waals surface area contributed by atoms with Gasteiger partial charge >= 0.3 is 0 Å². The molecular formula is C12H19NO2. The number of pyridine rings is 1. The molecule has 0 saturated carbocycles. The van der Waals surface area contributed by atoms with Crippen molar-refractivity contribution in [3.8, 4) is 5.75 Å². The van der Waals surface area contributed by atoms with E-state index in [0.29, 0.717) is 5.75 Å². The maximum Gasteiger partial charge on any atom is 0.223 e. The molecule has 0 radical (unpaired) electrons. The monoisotopic (exact) mass is 209 g/mol. The van der Waals surface area contributed by atoms with E-state index in [1.807, 2.05) is 6.92 Å². The number of nitrogens with one attached hydrogen (secondary N) is 1. The summed E-state index contributed by atoms with van der Waals surface area (Å²) in [4.78, 5) is 14.9. The van der Waals surface area contributed by atoms with E-state index in [1.165, 1.54) is 0 Å². The van der Waals surface area contributed by atoms with E-state index in [2.05, 4.69) is 11.9 Å². The molecule has 3 nitrogen and oxygen atoms in total. The number of methoxy groups -OCH3 is 1. The van der Waals surface area contributed by atoms with Crippen molar-refractivity contribution in [1.29, 1.82) is 0 Å². The van der Waals surface area contributed by atoms with Gasteiger partial charge in [0, 0.05) is 11.8 Å². The topological polar surface area (TPSA) is 42.1 Å². The molecule has 0 fully saturated rings. The van der Waals surface area contributed by atoms with Gasteiger partial charge in [-0.1, -0.05) is 20.3 Å². The first kappa shape index (κ1) is 11.8. The Morgan fingerprint density at radius 2 is 2.13 bits per heavy atom. The minimum absolute atomic E-state index is 0.0146. The van der Waals surface area contributed by atoms with Gasteiger partial charge in [0.1, 0.15) is 0 Å². The lowest BCUT2D eigenvalue weighted by molar-refractivity contribution is 0.401. The second-order valence-electron chi connectivity index (χ2n) is 3.63. The van der Waals surface area contributed by atoms with Crippen LogP contribution in [0.15, 0.2) is 10.9 Å². The Morgan fingerprint density at radius 3 is 2.67 bits per heavy atom. The largest absolute Gasteiger partial charge is 0.491 e. The van der Waals surface area contributed by atoms with Gasteiger partial charge in [-0.15, -0.1) is 0 Å². The lowest BCUT2D eigenvalue weighted by Crippen LogP contribution is -2.12. The fourth-order valence-corrected chi connectivity index (χ4v) is 1.60. The summed E-state index contributed by atoms with van der Waals surface area (Å²) in [7, 11) is 1.55. The van der Waals surface area contributed by atoms with Crippen molar-refractivity contribution in [3.63, 3.8) is 0 Å². The number of aromatic amines is 1. The number of hydrogen-bond donors (Lipinski definition) is 1. The smallest absolute Gasteiger partial charge is 0.223 e. The number of aromatic nitrogens is 1. The summed E-state index contributed by atoms with van der Waals surface area (Å²) >= 11 is 0. The van der Waals surface area contributed by atoms with E-state index in [-0.39, 0.29) is 5.43 Å². The van der Waals surface area contributed by atoms with Crippen molar-refractivity contribution >= 4 is 0 Å². The normalized spacial score (nSPS) is 10.3. The van der Waals surface area contributed by atoms with Crippen LogP contribution in [0.3, 0.4) is 0 Å². The molecule has 84 valence electrons. The van der Waals surface area contributed by atoms with Crippen LogP contribution in [0, 0.1) is 0 Å². The number of aryl methyl sites for hydroxylation is 2. The van der Waals surface area contributed by atoms with Crippen LogP contribution >= 0.6 is 0 Å². The molecule has 1 aromatic rings. The fourth-order valence-electron chi connectivity index (χ4n) is 1.60. The minimum atomic E-state index is -0.0146. The van der Waals surface area contributed by atoms with Gasteiger partial charge in [-0.2, -0.15) is 0 Å². The van der Waals surface area contributed by atoms with Gasteiger partial charge in [0.25, 0.3) is 0 Å². The third kappa shape index (κ3) is 2.85. The summed E-state index contributed by atoms with van der Waals surface area (Å²) in [5, 5.41) is 0. The maximum atomic E-state index is 11.7. The summed E-state index contributed by atoms with van der Waals surface area (Å²) in [6.07, 6.45) is 3.90. The predicted molar refractivity (Wildman–Crippen MR) is 61.6 cm³/mol. The van der Waals surface area contributed by atoms with Crippen LogP contribution in [-0.2, 0) is 12.8 Å². The number of hydrogen-bond acceptors (Lipinski definition) is 2. The quantitative estimate of drug-likeness (QED) is 0.808. The minimum Gasteiger partial charge on any atom is -0.491 e. The summed E-state index contributed by atoms with van der Waals surface area (Å²) in [5.74, 6) is 0.473. The molecule has 0 aliphatic rings. The number of rotatable bonds is 5. The van der Waals surface area contributed by atoms with Crippen molar-refractivity contribution in [3.05, 3.63) is 27.7 Å². The van der Waals surface area contributed by atoms with E-state index in [9.17, 15) is 4.79 Å². The van der Waals surface area contributed by atoms with Crippen molar-refractivity contribution in [1.82, 2.24) is 4.98 Å². The van der Waals surface area contributed by atoms with Crippen LogP contribution in [0.1, 0.15) is 38.1 Å². The van der Waals surface area contributed by atoms with Crippen molar-refractivity contribution < 1.29 is 4.74 Å². The zero-order valence-electron chi connectivity index (χ0n) is 9.72. The Balaban J connectivity index is 3.08. The first-order valence-corrected chi connectivity index (χ1v) is 5.52. The Kier molecular flexibility index (Phi) is 4.40. The van der Waals surface area contributed by atoms with Crippen molar-refractivity contribution in [2.45, 2.75) is 39.5 Å². The summed E-state index contributed by atoms with van der Waals surface area (Å²) in [6.45, 7) is 4.16. The highest BCUT2D eigenvalue weighted by Gasteiger charge is 2.08. The Bertz CT molecular complexity index is 368. The SMILES string of the molecule is CCCCc1[nH]c(CC)cc(=O)c1OC. The van der Waals surface area contributed by atoms with Crippen molar-refractivity contribution in [2.24, 2.45) is 0 Å². The molecule has 0 unspecified atom stereocenters. The summed E-state index contributed by atoms with van der Waals surface area (Å²) in [6, 6.07) is 1.62.